The molecule has 0 aromatic carbocycles. The molecule has 5 atom stereocenters. The monoisotopic (exact) mass is 1240 g/mol. The van der Waals surface area contributed by atoms with Gasteiger partial charge in [0.15, 0.2) is 12.2 Å². The van der Waals surface area contributed by atoms with Crippen LogP contribution in [0.3, 0.4) is 0 Å². The fourth-order valence-electron chi connectivity index (χ4n) is 9.81. The summed E-state index contributed by atoms with van der Waals surface area (Å²) >= 11 is 0. The summed E-state index contributed by atoms with van der Waals surface area (Å²) in [5, 5.41) is 10.5. The van der Waals surface area contributed by atoms with Gasteiger partial charge in [-0.2, -0.15) is 0 Å². The Morgan fingerprint density at radius 1 is 0.286 bits per heavy atom. The summed E-state index contributed by atoms with van der Waals surface area (Å²) in [5.41, 5.74) is 0. The first-order valence-electron chi connectivity index (χ1n) is 34.3. The summed E-state index contributed by atoms with van der Waals surface area (Å²) in [6.45, 7) is 4.71. The Morgan fingerprint density at radius 2 is 0.476 bits per heavy atom. The molecule has 0 fully saturated rings. The number of hydrogen-bond acceptors (Lipinski definition) is 15. The van der Waals surface area contributed by atoms with E-state index >= 15 is 0 Å². The Labute approximate surface area is 511 Å². The maximum atomic E-state index is 13.0. The second-order valence-electron chi connectivity index (χ2n) is 23.5. The minimum atomic E-state index is -4.94. The molecule has 19 heteroatoms. The average Bonchev–Trinajstić information content (AvgIpc) is 3.58. The Balaban J connectivity index is 5.03. The van der Waals surface area contributed by atoms with Crippen molar-refractivity contribution in [2.75, 3.05) is 39.6 Å². The van der Waals surface area contributed by atoms with Gasteiger partial charge in [0.2, 0.25) is 0 Å². The fourth-order valence-corrected chi connectivity index (χ4v) is 11.4. The second-order valence-corrected chi connectivity index (χ2v) is 26.4. The summed E-state index contributed by atoms with van der Waals surface area (Å²) in [4.78, 5) is 71.7. The van der Waals surface area contributed by atoms with Gasteiger partial charge < -0.3 is 33.8 Å². The van der Waals surface area contributed by atoms with Crippen LogP contribution < -0.4 is 0 Å². The number of ether oxygens (including phenoxy) is 4. The van der Waals surface area contributed by atoms with Crippen LogP contribution in [0.1, 0.15) is 336 Å². The van der Waals surface area contributed by atoms with E-state index in [1.165, 1.54) is 161 Å². The van der Waals surface area contributed by atoms with Gasteiger partial charge in [0, 0.05) is 25.7 Å². The second kappa shape index (κ2) is 60.0. The number of esters is 4. The summed E-state index contributed by atoms with van der Waals surface area (Å²) in [6.07, 6.45) is 46.8. The number of phosphoric acid groups is 2. The lowest BCUT2D eigenvalue weighted by molar-refractivity contribution is -0.161. The molecular formula is C65H126O17P2. The highest BCUT2D eigenvalue weighted by Gasteiger charge is 2.30. The lowest BCUT2D eigenvalue weighted by atomic mass is 10.0. The third-order valence-electron chi connectivity index (χ3n) is 15.1. The maximum absolute atomic E-state index is 13.0. The van der Waals surface area contributed by atoms with Gasteiger partial charge in [0.25, 0.3) is 0 Å². The van der Waals surface area contributed by atoms with Crippen molar-refractivity contribution in [1.82, 2.24) is 0 Å². The van der Waals surface area contributed by atoms with E-state index in [2.05, 4.69) is 27.7 Å². The summed E-state index contributed by atoms with van der Waals surface area (Å²) < 4.78 is 67.6. The lowest BCUT2D eigenvalue weighted by Crippen LogP contribution is -2.30. The van der Waals surface area contributed by atoms with Crippen LogP contribution in [0.5, 0.6) is 0 Å². The zero-order valence-electron chi connectivity index (χ0n) is 53.9. The summed E-state index contributed by atoms with van der Waals surface area (Å²) in [6, 6.07) is 0. The van der Waals surface area contributed by atoms with Crippen LogP contribution in [0.2, 0.25) is 0 Å². The molecule has 84 heavy (non-hydrogen) atoms. The molecule has 0 radical (unpaired) electrons. The number of hydrogen-bond donors (Lipinski definition) is 3. The zero-order chi connectivity index (χ0) is 61.9. The van der Waals surface area contributed by atoms with Crippen LogP contribution in [-0.4, -0.2) is 96.7 Å². The Bertz CT molecular complexity index is 1620. The smallest absolute Gasteiger partial charge is 0.462 e. The number of aliphatic hydroxyl groups is 1. The largest absolute Gasteiger partial charge is 0.472 e. The predicted molar refractivity (Wildman–Crippen MR) is 335 cm³/mol. The van der Waals surface area contributed by atoms with Crippen LogP contribution >= 0.6 is 15.6 Å². The van der Waals surface area contributed by atoms with Gasteiger partial charge in [-0.25, -0.2) is 9.13 Å². The minimum absolute atomic E-state index is 0.0992. The molecule has 0 spiro atoms. The van der Waals surface area contributed by atoms with Gasteiger partial charge in [0.05, 0.1) is 26.4 Å². The molecule has 17 nitrogen and oxygen atoms in total. The highest BCUT2D eigenvalue weighted by atomic mass is 31.2. The highest BCUT2D eigenvalue weighted by molar-refractivity contribution is 7.47. The van der Waals surface area contributed by atoms with Crippen molar-refractivity contribution in [2.24, 2.45) is 0 Å². The topological polar surface area (TPSA) is 237 Å². The van der Waals surface area contributed by atoms with E-state index in [9.17, 15) is 43.2 Å². The first-order chi connectivity index (χ1) is 40.7. The van der Waals surface area contributed by atoms with Crippen LogP contribution in [0.25, 0.3) is 0 Å². The minimum Gasteiger partial charge on any atom is -0.462 e. The molecule has 0 aliphatic heterocycles. The summed E-state index contributed by atoms with van der Waals surface area (Å²) in [7, 11) is -9.87. The van der Waals surface area contributed by atoms with Gasteiger partial charge in [-0.05, 0) is 25.7 Å². The number of carbonyl (C=O) groups is 4. The van der Waals surface area contributed by atoms with E-state index in [4.69, 9.17) is 37.0 Å². The predicted octanol–water partition coefficient (Wildman–Crippen LogP) is 18.3. The first-order valence-corrected chi connectivity index (χ1v) is 37.3. The van der Waals surface area contributed by atoms with Crippen LogP contribution in [0, 0.1) is 0 Å². The molecule has 2 unspecified atom stereocenters. The van der Waals surface area contributed by atoms with E-state index in [1.807, 2.05) is 0 Å². The van der Waals surface area contributed by atoms with Crippen LogP contribution in [0.15, 0.2) is 0 Å². The standard InChI is InChI=1S/C65H126O17P2/c1-5-9-13-17-19-21-23-25-26-27-28-29-30-31-32-34-36-38-40-44-48-52-65(70)82-61(56-76-63(68)50-46-43-39-37-35-33-24-22-20-18-14-10-6-2)58-80-84(73,74)78-54-59(66)53-77-83(71,72)79-57-60(81-64(69)51-47-42-16-12-8-4)55-75-62(67)49-45-41-15-11-7-3/h59-61,66H,5-58H2,1-4H3,(H,71,72)(H,73,74)/t59-,60+,61+/m0/s1. The molecule has 0 aliphatic rings. The third kappa shape index (κ3) is 59.0. The van der Waals surface area contributed by atoms with Crippen molar-refractivity contribution in [1.29, 1.82) is 0 Å². The molecular weight excluding hydrogens is 1110 g/mol. The average molecular weight is 1240 g/mol. The normalized spacial score (nSPS) is 14.1. The molecule has 0 saturated carbocycles. The third-order valence-corrected chi connectivity index (χ3v) is 17.0. The lowest BCUT2D eigenvalue weighted by Gasteiger charge is -2.21. The van der Waals surface area contributed by atoms with E-state index < -0.39 is 97.5 Å². The molecule has 0 saturated heterocycles. The molecule has 0 heterocycles. The molecule has 0 aliphatic carbocycles. The molecule has 3 N–H and O–H groups in total. The van der Waals surface area contributed by atoms with Crippen molar-refractivity contribution in [3.8, 4) is 0 Å². The van der Waals surface area contributed by atoms with Crippen molar-refractivity contribution in [3.05, 3.63) is 0 Å². The van der Waals surface area contributed by atoms with E-state index in [-0.39, 0.29) is 25.7 Å². The quantitative estimate of drug-likeness (QED) is 0.0222. The van der Waals surface area contributed by atoms with Crippen molar-refractivity contribution in [2.45, 2.75) is 354 Å². The number of unbranched alkanes of at least 4 members (excludes halogenated alkanes) is 40. The fraction of sp³-hybridized carbons (Fsp3) is 0.938. The highest BCUT2D eigenvalue weighted by Crippen LogP contribution is 2.45. The van der Waals surface area contributed by atoms with Gasteiger partial charge >= 0.3 is 39.5 Å². The van der Waals surface area contributed by atoms with Crippen LogP contribution in [-0.2, 0) is 65.4 Å². The molecule has 0 aromatic heterocycles. The Kier molecular flexibility index (Phi) is 58.6. The van der Waals surface area contributed by atoms with E-state index in [0.29, 0.717) is 25.7 Å². The Morgan fingerprint density at radius 3 is 0.702 bits per heavy atom. The molecule has 0 aromatic rings. The first kappa shape index (κ1) is 82.1. The van der Waals surface area contributed by atoms with Gasteiger partial charge in [-0.15, -0.1) is 0 Å². The molecule has 0 rings (SSSR count). The number of aliphatic hydroxyl groups excluding tert-OH is 1. The van der Waals surface area contributed by atoms with Crippen LogP contribution in [0.4, 0.5) is 0 Å². The van der Waals surface area contributed by atoms with Gasteiger partial charge in [-0.1, -0.05) is 285 Å². The number of rotatable bonds is 66. The Hall–Kier alpha value is -1.94. The maximum Gasteiger partial charge on any atom is 0.472 e. The number of carbonyl (C=O) groups excluding carboxylic acids is 4. The van der Waals surface area contributed by atoms with Crippen molar-refractivity contribution >= 4 is 39.5 Å². The molecule has 0 bridgehead atoms. The van der Waals surface area contributed by atoms with Gasteiger partial charge in [0.1, 0.15) is 19.3 Å². The molecule has 498 valence electrons. The van der Waals surface area contributed by atoms with Crippen molar-refractivity contribution < 1.29 is 80.2 Å². The number of phosphoric ester groups is 2. The van der Waals surface area contributed by atoms with E-state index in [0.717, 1.165) is 96.3 Å². The zero-order valence-corrected chi connectivity index (χ0v) is 55.7. The van der Waals surface area contributed by atoms with E-state index in [1.54, 1.807) is 0 Å². The van der Waals surface area contributed by atoms with Gasteiger partial charge in [-0.3, -0.25) is 37.3 Å². The van der Waals surface area contributed by atoms with Crippen molar-refractivity contribution in [3.63, 3.8) is 0 Å². The SMILES string of the molecule is CCCCCCCCCCCCCCCCCCCCCCCC(=O)O[C@H](COC(=O)CCCCCCCCCCCCCCC)COP(=O)(O)OC[C@@H](O)COP(=O)(O)OC[C@@H](COC(=O)CCCCCCC)OC(=O)CCCCCCC. The summed E-state index contributed by atoms with van der Waals surface area (Å²) in [5.74, 6) is -2.15. The molecule has 0 amide bonds.